The molecule has 2 aromatic rings. The van der Waals surface area contributed by atoms with Crippen LogP contribution in [0.25, 0.3) is 0 Å². The highest BCUT2D eigenvalue weighted by molar-refractivity contribution is 5.80. The molecule has 2 fully saturated rings. The van der Waals surface area contributed by atoms with Gasteiger partial charge in [-0.2, -0.15) is 0 Å². The van der Waals surface area contributed by atoms with E-state index in [0.29, 0.717) is 11.8 Å². The van der Waals surface area contributed by atoms with Gasteiger partial charge in [-0.25, -0.2) is 4.98 Å². The molecule has 2 aliphatic heterocycles. The summed E-state index contributed by atoms with van der Waals surface area (Å²) in [6, 6.07) is 10.6. The molecule has 1 aromatic carbocycles. The first-order valence-electron chi connectivity index (χ1n) is 9.16. The summed E-state index contributed by atoms with van der Waals surface area (Å²) in [5.41, 5.74) is 1.35. The molecule has 3 heterocycles. The molecule has 0 saturated carbocycles. The zero-order valence-corrected chi connectivity index (χ0v) is 14.4. The lowest BCUT2D eigenvalue weighted by Crippen LogP contribution is -2.44. The highest BCUT2D eigenvalue weighted by atomic mass is 16.2. The van der Waals surface area contributed by atoms with E-state index in [9.17, 15) is 4.79 Å². The minimum Gasteiger partial charge on any atom is -0.355 e. The van der Waals surface area contributed by atoms with E-state index in [-0.39, 0.29) is 5.92 Å². The largest absolute Gasteiger partial charge is 0.355 e. The number of piperidine rings is 1. The van der Waals surface area contributed by atoms with Gasteiger partial charge in [0.25, 0.3) is 0 Å². The molecule has 5 nitrogen and oxygen atoms in total. The highest BCUT2D eigenvalue weighted by Gasteiger charge is 2.34. The molecule has 0 radical (unpaired) electrons. The second kappa shape index (κ2) is 7.21. The Hall–Kier alpha value is -2.43. The molecule has 0 spiro atoms. The average Bonchev–Trinajstić information content (AvgIpc) is 3.19. The lowest BCUT2D eigenvalue weighted by Gasteiger charge is -2.34. The van der Waals surface area contributed by atoms with Crippen LogP contribution in [-0.2, 0) is 4.79 Å². The van der Waals surface area contributed by atoms with Crippen molar-refractivity contribution >= 4 is 11.7 Å². The second-order valence-electron chi connectivity index (χ2n) is 7.03. The number of hydrogen-bond donors (Lipinski definition) is 0. The van der Waals surface area contributed by atoms with Crippen molar-refractivity contribution in [2.45, 2.75) is 25.2 Å². The zero-order chi connectivity index (χ0) is 17.1. The normalized spacial score (nSPS) is 23.7. The van der Waals surface area contributed by atoms with Gasteiger partial charge in [-0.1, -0.05) is 30.3 Å². The van der Waals surface area contributed by atoms with Gasteiger partial charge in [0.05, 0.1) is 12.1 Å². The number of carbonyl (C=O) groups is 1. The Morgan fingerprint density at radius 3 is 2.72 bits per heavy atom. The molecule has 0 aliphatic carbocycles. The molecular formula is C20H24N4O. The SMILES string of the molecule is O=C(C1CCCN(c2cnccn2)C1)N1CCC(c2ccccc2)C1. The molecular weight excluding hydrogens is 312 g/mol. The molecule has 2 atom stereocenters. The monoisotopic (exact) mass is 336 g/mol. The second-order valence-corrected chi connectivity index (χ2v) is 7.03. The van der Waals surface area contributed by atoms with Gasteiger partial charge in [0, 0.05) is 44.5 Å². The van der Waals surface area contributed by atoms with Crippen molar-refractivity contribution < 1.29 is 4.79 Å². The molecule has 2 unspecified atom stereocenters. The van der Waals surface area contributed by atoms with E-state index >= 15 is 0 Å². The maximum Gasteiger partial charge on any atom is 0.227 e. The fourth-order valence-corrected chi connectivity index (χ4v) is 4.06. The third-order valence-corrected chi connectivity index (χ3v) is 5.42. The Kier molecular flexibility index (Phi) is 4.63. The summed E-state index contributed by atoms with van der Waals surface area (Å²) in [7, 11) is 0. The van der Waals surface area contributed by atoms with Crippen LogP contribution in [0.1, 0.15) is 30.7 Å². The van der Waals surface area contributed by atoms with Gasteiger partial charge >= 0.3 is 0 Å². The van der Waals surface area contributed by atoms with Crippen LogP contribution in [0.2, 0.25) is 0 Å². The molecule has 0 bridgehead atoms. The predicted molar refractivity (Wildman–Crippen MR) is 97.3 cm³/mol. The lowest BCUT2D eigenvalue weighted by atomic mass is 9.96. The quantitative estimate of drug-likeness (QED) is 0.865. The van der Waals surface area contributed by atoms with E-state index in [4.69, 9.17) is 0 Å². The maximum atomic E-state index is 13.0. The number of aromatic nitrogens is 2. The minimum atomic E-state index is 0.0743. The van der Waals surface area contributed by atoms with Gasteiger partial charge in [-0.3, -0.25) is 9.78 Å². The summed E-state index contributed by atoms with van der Waals surface area (Å²) in [4.78, 5) is 25.8. The molecule has 4 rings (SSSR count). The van der Waals surface area contributed by atoms with Crippen LogP contribution in [0.3, 0.4) is 0 Å². The van der Waals surface area contributed by atoms with Crippen molar-refractivity contribution in [1.29, 1.82) is 0 Å². The number of likely N-dealkylation sites (tertiary alicyclic amines) is 1. The Morgan fingerprint density at radius 1 is 1.04 bits per heavy atom. The number of amides is 1. The molecule has 1 aromatic heterocycles. The molecule has 1 amide bonds. The highest BCUT2D eigenvalue weighted by Crippen LogP contribution is 2.30. The number of rotatable bonds is 3. The minimum absolute atomic E-state index is 0.0743. The Balaban J connectivity index is 1.39. The lowest BCUT2D eigenvalue weighted by molar-refractivity contribution is -0.134. The fourth-order valence-electron chi connectivity index (χ4n) is 4.06. The smallest absolute Gasteiger partial charge is 0.227 e. The molecule has 0 N–H and O–H groups in total. The first-order valence-corrected chi connectivity index (χ1v) is 9.16. The van der Waals surface area contributed by atoms with Gasteiger partial charge < -0.3 is 9.80 Å². The zero-order valence-electron chi connectivity index (χ0n) is 14.4. The van der Waals surface area contributed by atoms with E-state index in [0.717, 1.165) is 51.3 Å². The third-order valence-electron chi connectivity index (χ3n) is 5.42. The van der Waals surface area contributed by atoms with Crippen LogP contribution < -0.4 is 4.90 Å². The van der Waals surface area contributed by atoms with Crippen LogP contribution >= 0.6 is 0 Å². The number of carbonyl (C=O) groups excluding carboxylic acids is 1. The van der Waals surface area contributed by atoms with Crippen molar-refractivity contribution in [3.05, 3.63) is 54.5 Å². The molecule has 5 heteroatoms. The van der Waals surface area contributed by atoms with Crippen LogP contribution in [0, 0.1) is 5.92 Å². The summed E-state index contributed by atoms with van der Waals surface area (Å²) in [5, 5.41) is 0. The summed E-state index contributed by atoms with van der Waals surface area (Å²) in [6.07, 6.45) is 8.26. The van der Waals surface area contributed by atoms with Crippen LogP contribution in [0.5, 0.6) is 0 Å². The average molecular weight is 336 g/mol. The van der Waals surface area contributed by atoms with Gasteiger partial charge in [-0.05, 0) is 24.8 Å². The van der Waals surface area contributed by atoms with E-state index < -0.39 is 0 Å². The van der Waals surface area contributed by atoms with E-state index in [1.807, 2.05) is 6.07 Å². The van der Waals surface area contributed by atoms with Crippen LogP contribution in [0.4, 0.5) is 5.82 Å². The van der Waals surface area contributed by atoms with Crippen molar-refractivity contribution in [2.75, 3.05) is 31.1 Å². The van der Waals surface area contributed by atoms with E-state index in [1.165, 1.54) is 5.56 Å². The summed E-state index contributed by atoms with van der Waals surface area (Å²) in [5.74, 6) is 1.74. The molecule has 2 saturated heterocycles. The molecule has 25 heavy (non-hydrogen) atoms. The number of anilines is 1. The first kappa shape index (κ1) is 16.1. The summed E-state index contributed by atoms with van der Waals surface area (Å²) >= 11 is 0. The van der Waals surface area contributed by atoms with Crippen molar-refractivity contribution in [3.8, 4) is 0 Å². The maximum absolute atomic E-state index is 13.0. The van der Waals surface area contributed by atoms with Crippen LogP contribution in [0.15, 0.2) is 48.9 Å². The first-order chi connectivity index (χ1) is 12.3. The van der Waals surface area contributed by atoms with E-state index in [1.54, 1.807) is 18.6 Å². The summed E-state index contributed by atoms with van der Waals surface area (Å²) < 4.78 is 0. The topological polar surface area (TPSA) is 49.3 Å². The number of hydrogen-bond acceptors (Lipinski definition) is 4. The van der Waals surface area contributed by atoms with Gasteiger partial charge in [0.1, 0.15) is 5.82 Å². The summed E-state index contributed by atoms with van der Waals surface area (Å²) in [6.45, 7) is 3.43. The fraction of sp³-hybridized carbons (Fsp3) is 0.450. The van der Waals surface area contributed by atoms with E-state index in [2.05, 4.69) is 44.0 Å². The predicted octanol–water partition coefficient (Wildman–Crippen LogP) is 2.71. The third kappa shape index (κ3) is 3.50. The van der Waals surface area contributed by atoms with Crippen molar-refractivity contribution in [3.63, 3.8) is 0 Å². The van der Waals surface area contributed by atoms with Gasteiger partial charge in [0.15, 0.2) is 0 Å². The van der Waals surface area contributed by atoms with Crippen molar-refractivity contribution in [1.82, 2.24) is 14.9 Å². The molecule has 130 valence electrons. The molecule has 2 aliphatic rings. The van der Waals surface area contributed by atoms with Gasteiger partial charge in [0.2, 0.25) is 5.91 Å². The number of benzene rings is 1. The standard InChI is InChI=1S/C20H24N4O/c25-20(24-12-8-17(14-24)16-5-2-1-3-6-16)18-7-4-11-23(15-18)19-13-21-9-10-22-19/h1-3,5-6,9-10,13,17-18H,4,7-8,11-12,14-15H2. The Labute approximate surface area is 148 Å². The number of nitrogens with zero attached hydrogens (tertiary/aromatic N) is 4. The van der Waals surface area contributed by atoms with Crippen molar-refractivity contribution in [2.24, 2.45) is 5.92 Å². The van der Waals surface area contributed by atoms with Crippen LogP contribution in [-0.4, -0.2) is 47.0 Å². The van der Waals surface area contributed by atoms with Gasteiger partial charge in [-0.15, -0.1) is 0 Å². The Bertz CT molecular complexity index is 706. The Morgan fingerprint density at radius 2 is 1.92 bits per heavy atom.